The Balaban J connectivity index is 1.55. The summed E-state index contributed by atoms with van der Waals surface area (Å²) in [6, 6.07) is 13.2. The fourth-order valence-corrected chi connectivity index (χ4v) is 2.68. The van der Waals surface area contributed by atoms with E-state index in [1.807, 2.05) is 57.3 Å². The summed E-state index contributed by atoms with van der Waals surface area (Å²) in [6.07, 6.45) is 2.84. The molecule has 130 valence electrons. The van der Waals surface area contributed by atoms with E-state index in [1.54, 1.807) is 12.1 Å². The zero-order valence-corrected chi connectivity index (χ0v) is 14.8. The van der Waals surface area contributed by atoms with Crippen LogP contribution in [0.2, 0.25) is 0 Å². The molecule has 1 N–H and O–H groups in total. The van der Waals surface area contributed by atoms with E-state index in [9.17, 15) is 4.79 Å². The van der Waals surface area contributed by atoms with Crippen LogP contribution < -0.4 is 10.1 Å². The summed E-state index contributed by atoms with van der Waals surface area (Å²) in [7, 11) is 0. The summed E-state index contributed by atoms with van der Waals surface area (Å²) in [4.78, 5) is 16.8. The molecule has 0 fully saturated rings. The molecule has 1 amide bonds. The molecular weight excluding hydrogens is 314 g/mol. The van der Waals surface area contributed by atoms with Crippen molar-refractivity contribution >= 4 is 11.6 Å². The fraction of sp³-hybridized carbons (Fsp3) is 0.300. The predicted molar refractivity (Wildman–Crippen MR) is 98.2 cm³/mol. The van der Waals surface area contributed by atoms with Crippen molar-refractivity contribution in [2.75, 3.05) is 6.54 Å². The molecule has 0 saturated heterocycles. The quantitative estimate of drug-likeness (QED) is 0.750. The van der Waals surface area contributed by atoms with E-state index < -0.39 is 0 Å². The van der Waals surface area contributed by atoms with Gasteiger partial charge in [0, 0.05) is 30.4 Å². The van der Waals surface area contributed by atoms with Gasteiger partial charge in [-0.15, -0.1) is 0 Å². The zero-order chi connectivity index (χ0) is 17.8. The van der Waals surface area contributed by atoms with Crippen molar-refractivity contribution in [3.05, 3.63) is 65.6 Å². The molecule has 0 spiro atoms. The van der Waals surface area contributed by atoms with Crippen LogP contribution in [0.1, 0.15) is 35.6 Å². The van der Waals surface area contributed by atoms with Crippen molar-refractivity contribution in [1.82, 2.24) is 14.7 Å². The van der Waals surface area contributed by atoms with Gasteiger partial charge in [-0.2, -0.15) is 0 Å². The van der Waals surface area contributed by atoms with E-state index in [1.165, 1.54) is 0 Å². The first kappa shape index (κ1) is 17.0. The first-order valence-corrected chi connectivity index (χ1v) is 8.51. The summed E-state index contributed by atoms with van der Waals surface area (Å²) in [5, 5.41) is 2.94. The molecule has 0 unspecified atom stereocenters. The molecule has 0 aliphatic heterocycles. The summed E-state index contributed by atoms with van der Waals surface area (Å²) >= 11 is 0. The highest BCUT2D eigenvalue weighted by atomic mass is 16.5. The maximum Gasteiger partial charge on any atom is 0.251 e. The molecule has 5 nitrogen and oxygen atoms in total. The van der Waals surface area contributed by atoms with E-state index in [0.29, 0.717) is 18.5 Å². The maximum atomic E-state index is 12.2. The maximum absolute atomic E-state index is 12.2. The van der Waals surface area contributed by atoms with Crippen LogP contribution in [0.5, 0.6) is 5.75 Å². The monoisotopic (exact) mass is 337 g/mol. The molecule has 2 heterocycles. The van der Waals surface area contributed by atoms with Crippen LogP contribution in [0.3, 0.4) is 0 Å². The SMILES string of the molecule is Cc1cccc2nc(CCNC(=O)c3ccc(OC(C)C)cc3)cn12. The highest BCUT2D eigenvalue weighted by Gasteiger charge is 2.07. The van der Waals surface area contributed by atoms with E-state index in [4.69, 9.17) is 4.74 Å². The predicted octanol–water partition coefficient (Wildman–Crippen LogP) is 3.40. The van der Waals surface area contributed by atoms with Crippen LogP contribution >= 0.6 is 0 Å². The largest absolute Gasteiger partial charge is 0.491 e. The molecule has 3 rings (SSSR count). The number of carbonyl (C=O) groups is 1. The van der Waals surface area contributed by atoms with Gasteiger partial charge in [0.2, 0.25) is 0 Å². The number of amides is 1. The Labute approximate surface area is 147 Å². The van der Waals surface area contributed by atoms with E-state index in [2.05, 4.69) is 14.7 Å². The van der Waals surface area contributed by atoms with Crippen molar-refractivity contribution < 1.29 is 9.53 Å². The number of carbonyl (C=O) groups excluding carboxylic acids is 1. The fourth-order valence-electron chi connectivity index (χ4n) is 2.68. The van der Waals surface area contributed by atoms with Crippen LogP contribution in [-0.2, 0) is 6.42 Å². The van der Waals surface area contributed by atoms with Gasteiger partial charge in [-0.1, -0.05) is 6.07 Å². The van der Waals surface area contributed by atoms with Gasteiger partial charge in [0.15, 0.2) is 0 Å². The summed E-state index contributed by atoms with van der Waals surface area (Å²) < 4.78 is 7.64. The summed E-state index contributed by atoms with van der Waals surface area (Å²) in [5.41, 5.74) is 3.67. The average molecular weight is 337 g/mol. The van der Waals surface area contributed by atoms with Crippen molar-refractivity contribution in [1.29, 1.82) is 0 Å². The third-order valence-electron chi connectivity index (χ3n) is 3.90. The zero-order valence-electron chi connectivity index (χ0n) is 14.8. The number of fused-ring (bicyclic) bond motifs is 1. The van der Waals surface area contributed by atoms with Crippen LogP contribution in [0.15, 0.2) is 48.7 Å². The van der Waals surface area contributed by atoms with E-state index in [0.717, 1.165) is 22.8 Å². The van der Waals surface area contributed by atoms with Gasteiger partial charge < -0.3 is 14.5 Å². The average Bonchev–Trinajstić information content (AvgIpc) is 2.99. The van der Waals surface area contributed by atoms with Gasteiger partial charge in [0.1, 0.15) is 11.4 Å². The Morgan fingerprint density at radius 1 is 1.20 bits per heavy atom. The molecule has 25 heavy (non-hydrogen) atoms. The lowest BCUT2D eigenvalue weighted by molar-refractivity contribution is 0.0954. The topological polar surface area (TPSA) is 55.6 Å². The van der Waals surface area contributed by atoms with Crippen molar-refractivity contribution in [3.63, 3.8) is 0 Å². The van der Waals surface area contributed by atoms with Crippen LogP contribution in [-0.4, -0.2) is 27.9 Å². The minimum Gasteiger partial charge on any atom is -0.491 e. The molecular formula is C20H23N3O2. The number of hydrogen-bond donors (Lipinski definition) is 1. The number of pyridine rings is 1. The molecule has 0 radical (unpaired) electrons. The number of imidazole rings is 1. The van der Waals surface area contributed by atoms with Crippen molar-refractivity contribution in [2.24, 2.45) is 0 Å². The second kappa shape index (κ2) is 7.38. The highest BCUT2D eigenvalue weighted by Crippen LogP contribution is 2.14. The van der Waals surface area contributed by atoms with Gasteiger partial charge in [0.05, 0.1) is 11.8 Å². The molecule has 0 atom stereocenters. The second-order valence-electron chi connectivity index (χ2n) is 6.32. The molecule has 1 aromatic carbocycles. The number of ether oxygens (including phenoxy) is 1. The number of nitrogens with one attached hydrogen (secondary N) is 1. The van der Waals surface area contributed by atoms with Crippen molar-refractivity contribution in [3.8, 4) is 5.75 Å². The first-order chi connectivity index (χ1) is 12.0. The van der Waals surface area contributed by atoms with E-state index >= 15 is 0 Å². The molecule has 5 heteroatoms. The summed E-state index contributed by atoms with van der Waals surface area (Å²) in [5.74, 6) is 0.683. The number of hydrogen-bond acceptors (Lipinski definition) is 3. The third kappa shape index (κ3) is 4.18. The number of rotatable bonds is 6. The minimum absolute atomic E-state index is 0.0870. The smallest absolute Gasteiger partial charge is 0.251 e. The number of benzene rings is 1. The number of aryl methyl sites for hydroxylation is 1. The van der Waals surface area contributed by atoms with Gasteiger partial charge in [-0.05, 0) is 57.2 Å². The highest BCUT2D eigenvalue weighted by molar-refractivity contribution is 5.94. The molecule has 0 bridgehead atoms. The molecule has 0 aliphatic rings. The van der Waals surface area contributed by atoms with Crippen LogP contribution in [0.4, 0.5) is 0 Å². The van der Waals surface area contributed by atoms with Gasteiger partial charge >= 0.3 is 0 Å². The standard InChI is InChI=1S/C20H23N3O2/c1-14(2)25-18-9-7-16(8-10-18)20(24)21-12-11-17-13-23-15(3)5-4-6-19(23)22-17/h4-10,13-14H,11-12H2,1-3H3,(H,21,24). The van der Waals surface area contributed by atoms with Gasteiger partial charge in [-0.25, -0.2) is 4.98 Å². The lowest BCUT2D eigenvalue weighted by atomic mass is 10.2. The Hall–Kier alpha value is -2.82. The van der Waals surface area contributed by atoms with Gasteiger partial charge in [-0.3, -0.25) is 4.79 Å². The Morgan fingerprint density at radius 3 is 2.64 bits per heavy atom. The summed E-state index contributed by atoms with van der Waals surface area (Å²) in [6.45, 7) is 6.54. The lowest BCUT2D eigenvalue weighted by Crippen LogP contribution is -2.25. The van der Waals surface area contributed by atoms with Gasteiger partial charge in [0.25, 0.3) is 5.91 Å². The Kier molecular flexibility index (Phi) is 5.03. The van der Waals surface area contributed by atoms with E-state index in [-0.39, 0.29) is 12.0 Å². The molecule has 0 aliphatic carbocycles. The first-order valence-electron chi connectivity index (χ1n) is 8.51. The molecule has 3 aromatic rings. The Bertz CT molecular complexity index is 866. The van der Waals surface area contributed by atoms with Crippen LogP contribution in [0, 0.1) is 6.92 Å². The normalized spacial score (nSPS) is 11.0. The second-order valence-corrected chi connectivity index (χ2v) is 6.32. The number of nitrogens with zero attached hydrogens (tertiary/aromatic N) is 2. The third-order valence-corrected chi connectivity index (χ3v) is 3.90. The van der Waals surface area contributed by atoms with Crippen molar-refractivity contribution in [2.45, 2.75) is 33.3 Å². The minimum atomic E-state index is -0.0870. The molecule has 0 saturated carbocycles. The number of aromatic nitrogens is 2. The lowest BCUT2D eigenvalue weighted by Gasteiger charge is -2.10. The van der Waals surface area contributed by atoms with Crippen LogP contribution in [0.25, 0.3) is 5.65 Å². The Morgan fingerprint density at radius 2 is 1.96 bits per heavy atom. The molecule has 2 aromatic heterocycles.